The van der Waals surface area contributed by atoms with Crippen LogP contribution in [0.5, 0.6) is 0 Å². The lowest BCUT2D eigenvalue weighted by Crippen LogP contribution is -2.49. The molecule has 2 aromatic carbocycles. The number of carbonyl (C=O) groups is 3. The predicted molar refractivity (Wildman–Crippen MR) is 163 cm³/mol. The van der Waals surface area contributed by atoms with Crippen molar-refractivity contribution in [3.8, 4) is 11.1 Å². The summed E-state index contributed by atoms with van der Waals surface area (Å²) in [5, 5.41) is 15.4. The number of urea groups is 1. The second-order valence-electron chi connectivity index (χ2n) is 12.0. The summed E-state index contributed by atoms with van der Waals surface area (Å²) < 4.78 is 28.8. The van der Waals surface area contributed by atoms with Crippen molar-refractivity contribution in [1.82, 2.24) is 15.0 Å². The van der Waals surface area contributed by atoms with Gasteiger partial charge >= 0.3 is 12.0 Å². The number of ketones is 1. The second kappa shape index (κ2) is 11.9. The first kappa shape index (κ1) is 30.4. The number of hydrogen-bond acceptors (Lipinski definition) is 6. The first-order valence-corrected chi connectivity index (χ1v) is 15.9. The largest absolute Gasteiger partial charge is 0.480 e. The van der Waals surface area contributed by atoms with Crippen LogP contribution >= 0.6 is 0 Å². The van der Waals surface area contributed by atoms with Crippen molar-refractivity contribution in [2.75, 3.05) is 11.1 Å². The van der Waals surface area contributed by atoms with Gasteiger partial charge in [-0.25, -0.2) is 17.9 Å². The van der Waals surface area contributed by atoms with Gasteiger partial charge in [0.15, 0.2) is 0 Å². The average Bonchev–Trinajstić information content (AvgIpc) is 3.31. The predicted octanol–water partition coefficient (Wildman–Crippen LogP) is 4.38. The summed E-state index contributed by atoms with van der Waals surface area (Å²) in [5.74, 6) is -1.55. The van der Waals surface area contributed by atoms with Crippen LogP contribution in [0, 0.1) is 16.7 Å². The molecule has 5 rings (SSSR count). The van der Waals surface area contributed by atoms with Crippen molar-refractivity contribution < 1.29 is 27.9 Å². The van der Waals surface area contributed by atoms with Crippen molar-refractivity contribution in [1.29, 1.82) is 0 Å². The highest BCUT2D eigenvalue weighted by Gasteiger charge is 2.65. The highest BCUT2D eigenvalue weighted by atomic mass is 32.2. The zero-order chi connectivity index (χ0) is 30.8. The lowest BCUT2D eigenvalue weighted by Gasteiger charge is -2.36. The molecule has 1 aromatic heterocycles. The van der Waals surface area contributed by atoms with Gasteiger partial charge < -0.3 is 15.7 Å². The third kappa shape index (κ3) is 6.47. The number of carboxylic acid groups (broad SMARTS) is 1. The number of sulfonamides is 1. The lowest BCUT2D eigenvalue weighted by molar-refractivity contribution is -0.138. The number of amides is 2. The Hall–Kier alpha value is -4.09. The molecule has 2 fully saturated rings. The molecule has 2 bridgehead atoms. The molecular weight excluding hydrogens is 568 g/mol. The van der Waals surface area contributed by atoms with Crippen molar-refractivity contribution >= 4 is 33.5 Å². The fourth-order valence-corrected chi connectivity index (χ4v) is 8.59. The van der Waals surface area contributed by atoms with Crippen LogP contribution in [-0.2, 0) is 32.6 Å². The summed E-state index contributed by atoms with van der Waals surface area (Å²) in [5.41, 5.74) is 2.23. The molecule has 0 saturated heterocycles. The zero-order valence-electron chi connectivity index (χ0n) is 24.2. The molecule has 3 atom stereocenters. The number of rotatable bonds is 11. The molecule has 2 saturated carbocycles. The van der Waals surface area contributed by atoms with E-state index in [2.05, 4.69) is 20.3 Å². The lowest BCUT2D eigenvalue weighted by atomic mass is 9.70. The average molecular weight is 605 g/mol. The number of nitrogens with one attached hydrogen (secondary N) is 3. The van der Waals surface area contributed by atoms with Gasteiger partial charge in [-0.1, -0.05) is 56.3 Å². The van der Waals surface area contributed by atoms with Gasteiger partial charge in [-0.2, -0.15) is 0 Å². The Kier molecular flexibility index (Phi) is 8.40. The Bertz CT molecular complexity index is 1630. The minimum atomic E-state index is -4.06. The van der Waals surface area contributed by atoms with Crippen LogP contribution in [0.4, 0.5) is 10.5 Å². The summed E-state index contributed by atoms with van der Waals surface area (Å²) in [6.07, 6.45) is 3.31. The topological polar surface area (TPSA) is 155 Å². The highest BCUT2D eigenvalue weighted by molar-refractivity contribution is 7.89. The minimum absolute atomic E-state index is 0.0361. The van der Waals surface area contributed by atoms with E-state index >= 15 is 0 Å². The standard InChI is InChI=1S/C32H36N4O6S/c1-31(2)24-13-14-32(31,28(37)18-24)20-43(41,42)36-27(29(38)39)16-21-9-11-22(12-10-21)23-6-5-8-25(17-23)35-30(40)34-19-26-7-3-4-15-33-26/h3-12,15,17,24,27,36H,13-14,16,18-20H2,1-2H3,(H,38,39)(H2,34,35,40)/t24-,27?,32-/m1/s1. The molecule has 0 radical (unpaired) electrons. The Balaban J connectivity index is 1.21. The first-order chi connectivity index (χ1) is 20.4. The molecular formula is C32H36N4O6S. The molecule has 3 aromatic rings. The monoisotopic (exact) mass is 604 g/mol. The Morgan fingerprint density at radius 3 is 2.44 bits per heavy atom. The van der Waals surface area contributed by atoms with Gasteiger partial charge in [0.05, 0.1) is 18.0 Å². The summed E-state index contributed by atoms with van der Waals surface area (Å²) in [6, 6.07) is 18.2. The number of carboxylic acids is 1. The van der Waals surface area contributed by atoms with E-state index in [1.165, 1.54) is 0 Å². The fourth-order valence-electron chi connectivity index (χ4n) is 6.56. The van der Waals surface area contributed by atoms with E-state index in [0.717, 1.165) is 23.2 Å². The number of benzene rings is 2. The van der Waals surface area contributed by atoms with Gasteiger partial charge in [-0.05, 0) is 71.6 Å². The van der Waals surface area contributed by atoms with E-state index in [0.29, 0.717) is 30.6 Å². The van der Waals surface area contributed by atoms with Gasteiger partial charge in [-0.15, -0.1) is 0 Å². The maximum atomic E-state index is 13.2. The molecule has 1 unspecified atom stereocenters. The normalized spacial score (nSPS) is 21.3. The molecule has 43 heavy (non-hydrogen) atoms. The summed E-state index contributed by atoms with van der Waals surface area (Å²) >= 11 is 0. The maximum absolute atomic E-state index is 13.2. The van der Waals surface area contributed by atoms with Crippen molar-refractivity contribution in [3.63, 3.8) is 0 Å². The van der Waals surface area contributed by atoms with Gasteiger partial charge in [0.25, 0.3) is 0 Å². The van der Waals surface area contributed by atoms with E-state index in [9.17, 15) is 27.9 Å². The molecule has 11 heteroatoms. The number of fused-ring (bicyclic) bond motifs is 2. The number of hydrogen-bond donors (Lipinski definition) is 4. The van der Waals surface area contributed by atoms with E-state index in [1.54, 1.807) is 30.5 Å². The molecule has 0 aliphatic heterocycles. The Morgan fingerprint density at radius 2 is 1.81 bits per heavy atom. The van der Waals surface area contributed by atoms with Gasteiger partial charge in [0.2, 0.25) is 10.0 Å². The molecule has 2 aliphatic rings. The number of aromatic nitrogens is 1. The van der Waals surface area contributed by atoms with E-state index in [-0.39, 0.29) is 24.2 Å². The molecule has 2 aliphatic carbocycles. The third-order valence-electron chi connectivity index (χ3n) is 9.20. The number of pyridine rings is 1. The van der Waals surface area contributed by atoms with Crippen molar-refractivity contribution in [2.24, 2.45) is 16.7 Å². The van der Waals surface area contributed by atoms with E-state index in [4.69, 9.17) is 0 Å². The Morgan fingerprint density at radius 1 is 1.05 bits per heavy atom. The first-order valence-electron chi connectivity index (χ1n) is 14.3. The fraction of sp³-hybridized carbons (Fsp3) is 0.375. The van der Waals surface area contributed by atoms with Gasteiger partial charge in [-0.3, -0.25) is 14.6 Å². The second-order valence-corrected chi connectivity index (χ2v) is 13.8. The van der Waals surface area contributed by atoms with Crippen LogP contribution in [-0.4, -0.2) is 48.1 Å². The van der Waals surface area contributed by atoms with Crippen LogP contribution in [0.3, 0.4) is 0 Å². The van der Waals surface area contributed by atoms with E-state index in [1.807, 2.05) is 56.3 Å². The molecule has 10 nitrogen and oxygen atoms in total. The molecule has 226 valence electrons. The molecule has 1 heterocycles. The molecule has 4 N–H and O–H groups in total. The van der Waals surface area contributed by atoms with Crippen LogP contribution < -0.4 is 15.4 Å². The Labute approximate surface area is 251 Å². The highest BCUT2D eigenvalue weighted by Crippen LogP contribution is 2.64. The SMILES string of the molecule is CC1(C)[C@@H]2CC[C@@]1(CS(=O)(=O)NC(Cc1ccc(-c3cccc(NC(=O)NCc4ccccn4)c3)cc1)C(=O)O)C(=O)C2. The summed E-state index contributed by atoms with van der Waals surface area (Å²) in [6.45, 7) is 4.19. The number of carbonyl (C=O) groups excluding carboxylic acids is 2. The molecule has 2 amide bonds. The molecule has 0 spiro atoms. The van der Waals surface area contributed by atoms with Crippen molar-refractivity contribution in [3.05, 3.63) is 84.2 Å². The number of anilines is 1. The van der Waals surface area contributed by atoms with Gasteiger partial charge in [0.1, 0.15) is 11.8 Å². The summed E-state index contributed by atoms with van der Waals surface area (Å²) in [4.78, 5) is 41.4. The van der Waals surface area contributed by atoms with Crippen LogP contribution in [0.25, 0.3) is 11.1 Å². The number of aliphatic carboxylic acids is 1. The zero-order valence-corrected chi connectivity index (χ0v) is 25.0. The van der Waals surface area contributed by atoms with Crippen molar-refractivity contribution in [2.45, 2.75) is 52.1 Å². The van der Waals surface area contributed by atoms with Crippen LogP contribution in [0.15, 0.2) is 72.9 Å². The van der Waals surface area contributed by atoms with Crippen LogP contribution in [0.1, 0.15) is 44.4 Å². The third-order valence-corrected chi connectivity index (χ3v) is 10.7. The quantitative estimate of drug-likeness (QED) is 0.253. The minimum Gasteiger partial charge on any atom is -0.480 e. The number of nitrogens with zero attached hydrogens (tertiary/aromatic N) is 1. The van der Waals surface area contributed by atoms with Gasteiger partial charge in [0, 0.05) is 23.7 Å². The smallest absolute Gasteiger partial charge is 0.322 e. The van der Waals surface area contributed by atoms with Crippen LogP contribution in [0.2, 0.25) is 0 Å². The number of Topliss-reactive ketones (excluding diaryl/α,β-unsaturated/α-hetero) is 1. The van der Waals surface area contributed by atoms with E-state index < -0.39 is 38.6 Å². The maximum Gasteiger partial charge on any atom is 0.322 e. The summed E-state index contributed by atoms with van der Waals surface area (Å²) in [7, 11) is -4.06.